The third-order valence-corrected chi connectivity index (χ3v) is 5.31. The van der Waals surface area contributed by atoms with Crippen LogP contribution in [0.4, 0.5) is 5.69 Å². The zero-order valence-electron chi connectivity index (χ0n) is 15.6. The average Bonchev–Trinajstić information content (AvgIpc) is 3.13. The molecule has 0 unspecified atom stereocenters. The molecular weight excluding hydrogens is 342 g/mol. The van der Waals surface area contributed by atoms with Crippen LogP contribution in [0.15, 0.2) is 42.7 Å². The summed E-state index contributed by atoms with van der Waals surface area (Å²) in [6.07, 6.45) is 5.98. The number of carbonyl (C=O) groups is 1. The van der Waals surface area contributed by atoms with E-state index < -0.39 is 0 Å². The molecule has 6 heteroatoms. The number of hydrogen-bond donors (Lipinski definition) is 1. The minimum atomic E-state index is 0.0654. The van der Waals surface area contributed by atoms with Gasteiger partial charge in [0, 0.05) is 38.4 Å². The Bertz CT molecular complexity index is 812. The lowest BCUT2D eigenvalue weighted by Gasteiger charge is -2.40. The Hall–Kier alpha value is -2.76. The molecule has 1 atom stereocenters. The summed E-state index contributed by atoms with van der Waals surface area (Å²) in [5.41, 5.74) is 2.27. The number of ether oxygens (including phenoxy) is 2. The molecule has 2 aromatic rings. The van der Waals surface area contributed by atoms with Crippen LogP contribution < -0.4 is 14.8 Å². The van der Waals surface area contributed by atoms with E-state index in [9.17, 15) is 4.79 Å². The molecule has 0 aliphatic carbocycles. The van der Waals surface area contributed by atoms with Gasteiger partial charge < -0.3 is 19.7 Å². The summed E-state index contributed by atoms with van der Waals surface area (Å²) in [4.78, 5) is 18.5. The maximum Gasteiger partial charge on any atom is 0.231 e. The number of anilines is 1. The number of nitrogens with zero attached hydrogens (tertiary/aromatic N) is 2. The van der Waals surface area contributed by atoms with E-state index in [1.54, 1.807) is 12.4 Å². The second kappa shape index (κ2) is 7.47. The SMILES string of the molecule is C[C@@]1(Cc2ccc3c(c2)OCO3)CCC(=O)N(CCNc2cccnc2)C1. The zero-order valence-corrected chi connectivity index (χ0v) is 15.6. The Balaban J connectivity index is 1.36. The maximum absolute atomic E-state index is 12.4. The molecule has 2 aliphatic heterocycles. The number of likely N-dealkylation sites (tertiary alicyclic amines) is 1. The lowest BCUT2D eigenvalue weighted by molar-refractivity contribution is -0.136. The maximum atomic E-state index is 12.4. The molecule has 1 saturated heterocycles. The van der Waals surface area contributed by atoms with Crippen LogP contribution in [0.3, 0.4) is 0 Å². The molecule has 142 valence electrons. The topological polar surface area (TPSA) is 63.7 Å². The first-order chi connectivity index (χ1) is 13.1. The lowest BCUT2D eigenvalue weighted by atomic mass is 9.76. The predicted octanol–water partition coefficient (Wildman–Crippen LogP) is 3.09. The van der Waals surface area contributed by atoms with Crippen molar-refractivity contribution < 1.29 is 14.3 Å². The van der Waals surface area contributed by atoms with E-state index in [0.29, 0.717) is 19.8 Å². The van der Waals surface area contributed by atoms with Gasteiger partial charge in [0.15, 0.2) is 11.5 Å². The van der Waals surface area contributed by atoms with Crippen molar-refractivity contribution in [1.82, 2.24) is 9.88 Å². The van der Waals surface area contributed by atoms with Gasteiger partial charge in [-0.1, -0.05) is 13.0 Å². The van der Waals surface area contributed by atoms with Crippen molar-refractivity contribution in [3.8, 4) is 11.5 Å². The summed E-state index contributed by atoms with van der Waals surface area (Å²) in [6, 6.07) is 10.0. The monoisotopic (exact) mass is 367 g/mol. The number of pyridine rings is 1. The van der Waals surface area contributed by atoms with E-state index in [1.165, 1.54) is 5.56 Å². The first-order valence-electron chi connectivity index (χ1n) is 9.42. The van der Waals surface area contributed by atoms with Crippen LogP contribution in [0.2, 0.25) is 0 Å². The van der Waals surface area contributed by atoms with Crippen LogP contribution in [0.5, 0.6) is 11.5 Å². The van der Waals surface area contributed by atoms with Crippen molar-refractivity contribution in [3.63, 3.8) is 0 Å². The number of fused-ring (bicyclic) bond motifs is 1. The molecule has 0 spiro atoms. The fourth-order valence-corrected chi connectivity index (χ4v) is 3.89. The molecule has 1 aromatic carbocycles. The molecule has 1 N–H and O–H groups in total. The Kier molecular flexibility index (Phi) is 4.88. The molecule has 6 nitrogen and oxygen atoms in total. The highest BCUT2D eigenvalue weighted by Crippen LogP contribution is 2.37. The number of rotatable bonds is 6. The van der Waals surface area contributed by atoms with Gasteiger partial charge in [0.2, 0.25) is 12.7 Å². The second-order valence-corrected chi connectivity index (χ2v) is 7.66. The minimum Gasteiger partial charge on any atom is -0.454 e. The van der Waals surface area contributed by atoms with Gasteiger partial charge >= 0.3 is 0 Å². The number of carbonyl (C=O) groups excluding carboxylic acids is 1. The van der Waals surface area contributed by atoms with Crippen LogP contribution in [0.1, 0.15) is 25.3 Å². The first-order valence-corrected chi connectivity index (χ1v) is 9.42. The summed E-state index contributed by atoms with van der Waals surface area (Å²) < 4.78 is 10.9. The van der Waals surface area contributed by atoms with E-state index in [2.05, 4.69) is 29.4 Å². The Morgan fingerprint density at radius 3 is 3.00 bits per heavy atom. The van der Waals surface area contributed by atoms with Crippen molar-refractivity contribution in [1.29, 1.82) is 0 Å². The van der Waals surface area contributed by atoms with E-state index in [0.717, 1.165) is 43.1 Å². The third-order valence-electron chi connectivity index (χ3n) is 5.31. The standard InChI is InChI=1S/C21H25N3O3/c1-21(12-16-4-5-18-19(11-16)27-15-26-18)7-6-20(25)24(14-21)10-9-23-17-3-2-8-22-13-17/h2-5,8,11,13,23H,6-7,9-10,12,14-15H2,1H3/t21-/m0/s1. The molecule has 1 amide bonds. The van der Waals surface area contributed by atoms with Gasteiger partial charge in [0.25, 0.3) is 0 Å². The fourth-order valence-electron chi connectivity index (χ4n) is 3.89. The number of benzene rings is 1. The molecule has 1 fully saturated rings. The van der Waals surface area contributed by atoms with Crippen molar-refractivity contribution in [2.24, 2.45) is 5.41 Å². The number of nitrogens with one attached hydrogen (secondary N) is 1. The second-order valence-electron chi connectivity index (χ2n) is 7.66. The minimum absolute atomic E-state index is 0.0654. The van der Waals surface area contributed by atoms with Gasteiger partial charge in [0.1, 0.15) is 0 Å². The normalized spacial score (nSPS) is 21.4. The Labute approximate surface area is 159 Å². The van der Waals surface area contributed by atoms with Gasteiger partial charge in [-0.3, -0.25) is 9.78 Å². The molecule has 3 heterocycles. The summed E-state index contributed by atoms with van der Waals surface area (Å²) in [6.45, 7) is 4.75. The van der Waals surface area contributed by atoms with Gasteiger partial charge in [0.05, 0.1) is 5.69 Å². The highest BCUT2D eigenvalue weighted by molar-refractivity contribution is 5.77. The Morgan fingerprint density at radius 2 is 2.15 bits per heavy atom. The molecule has 27 heavy (non-hydrogen) atoms. The lowest BCUT2D eigenvalue weighted by Crippen LogP contribution is -2.47. The van der Waals surface area contributed by atoms with Crippen molar-refractivity contribution >= 4 is 11.6 Å². The molecule has 1 aromatic heterocycles. The number of piperidine rings is 1. The largest absolute Gasteiger partial charge is 0.454 e. The molecule has 0 radical (unpaired) electrons. The van der Waals surface area contributed by atoms with Crippen molar-refractivity contribution in [2.75, 3.05) is 31.7 Å². The average molecular weight is 367 g/mol. The highest BCUT2D eigenvalue weighted by Gasteiger charge is 2.35. The van der Waals surface area contributed by atoms with Crippen molar-refractivity contribution in [3.05, 3.63) is 48.3 Å². The quantitative estimate of drug-likeness (QED) is 0.850. The predicted molar refractivity (Wildman–Crippen MR) is 103 cm³/mol. The van der Waals surface area contributed by atoms with E-state index >= 15 is 0 Å². The van der Waals surface area contributed by atoms with Crippen LogP contribution in [-0.4, -0.2) is 42.2 Å². The van der Waals surface area contributed by atoms with Crippen LogP contribution in [-0.2, 0) is 11.2 Å². The first kappa shape index (κ1) is 17.6. The number of amides is 1. The van der Waals surface area contributed by atoms with Gasteiger partial charge in [-0.05, 0) is 48.1 Å². The molecule has 2 aliphatic rings. The van der Waals surface area contributed by atoms with E-state index in [-0.39, 0.29) is 11.3 Å². The van der Waals surface area contributed by atoms with Gasteiger partial charge in [-0.15, -0.1) is 0 Å². The van der Waals surface area contributed by atoms with Gasteiger partial charge in [-0.2, -0.15) is 0 Å². The van der Waals surface area contributed by atoms with Crippen molar-refractivity contribution in [2.45, 2.75) is 26.2 Å². The zero-order chi connectivity index (χ0) is 18.7. The highest BCUT2D eigenvalue weighted by atomic mass is 16.7. The molecule has 4 rings (SSSR count). The summed E-state index contributed by atoms with van der Waals surface area (Å²) >= 11 is 0. The summed E-state index contributed by atoms with van der Waals surface area (Å²) in [5, 5.41) is 3.33. The third kappa shape index (κ3) is 4.15. The van der Waals surface area contributed by atoms with Crippen LogP contribution >= 0.6 is 0 Å². The molecular formula is C21H25N3O3. The van der Waals surface area contributed by atoms with Crippen LogP contribution in [0.25, 0.3) is 0 Å². The summed E-state index contributed by atoms with van der Waals surface area (Å²) in [5.74, 6) is 1.87. The molecule has 0 saturated carbocycles. The fraction of sp³-hybridized carbons (Fsp3) is 0.429. The van der Waals surface area contributed by atoms with E-state index in [1.807, 2.05) is 23.1 Å². The van der Waals surface area contributed by atoms with Gasteiger partial charge in [-0.25, -0.2) is 0 Å². The number of hydrogen-bond acceptors (Lipinski definition) is 5. The van der Waals surface area contributed by atoms with E-state index in [4.69, 9.17) is 9.47 Å². The number of aromatic nitrogens is 1. The summed E-state index contributed by atoms with van der Waals surface area (Å²) in [7, 11) is 0. The molecule has 0 bridgehead atoms. The smallest absolute Gasteiger partial charge is 0.231 e. The van der Waals surface area contributed by atoms with Crippen LogP contribution in [0, 0.1) is 5.41 Å². The Morgan fingerprint density at radius 1 is 1.26 bits per heavy atom.